The molecule has 1 aliphatic heterocycles. The summed E-state index contributed by atoms with van der Waals surface area (Å²) in [6.45, 7) is 2.35. The maximum Gasteiger partial charge on any atom is 0.318 e. The lowest BCUT2D eigenvalue weighted by Gasteiger charge is -2.37. The van der Waals surface area contributed by atoms with E-state index in [1.54, 1.807) is 0 Å². The normalized spacial score (nSPS) is 17.9. The van der Waals surface area contributed by atoms with Crippen LogP contribution >= 0.6 is 0 Å². The van der Waals surface area contributed by atoms with E-state index in [1.807, 2.05) is 25.1 Å². The van der Waals surface area contributed by atoms with Crippen molar-refractivity contribution in [2.45, 2.75) is 12.3 Å². The average molecular weight is 232 g/mol. The number of benzene rings is 1. The molecule has 0 aliphatic carbocycles. The topological polar surface area (TPSA) is 75.2 Å². The maximum atomic E-state index is 11.3. The molecule has 88 valence electrons. The fourth-order valence-electron chi connectivity index (χ4n) is 2.15. The summed E-state index contributed by atoms with van der Waals surface area (Å²) < 4.78 is 5.06. The number of aryl methyl sites for hydroxylation is 1. The monoisotopic (exact) mass is 232 g/mol. The Bertz CT molecular complexity index is 599. The molecule has 0 atom stereocenters. The zero-order valence-corrected chi connectivity index (χ0v) is 9.36. The second kappa shape index (κ2) is 3.30. The van der Waals surface area contributed by atoms with Crippen molar-refractivity contribution in [3.8, 4) is 0 Å². The highest BCUT2D eigenvalue weighted by Crippen LogP contribution is 2.34. The standard InChI is InChI=1S/C12H12N2O3/c1-7-13-9-3-2-8(4-10(9)14-7)12(11(15)16)5-17-6-12/h2-4H,5-6H2,1H3,(H,13,14)(H,15,16). The predicted octanol–water partition coefficient (Wildman–Crippen LogP) is 1.22. The summed E-state index contributed by atoms with van der Waals surface area (Å²) in [5.41, 5.74) is 1.61. The smallest absolute Gasteiger partial charge is 0.318 e. The van der Waals surface area contributed by atoms with Gasteiger partial charge in [-0.1, -0.05) is 6.07 Å². The lowest BCUT2D eigenvalue weighted by molar-refractivity contribution is -0.163. The molecule has 0 amide bonds. The third-order valence-electron chi connectivity index (χ3n) is 3.26. The zero-order valence-electron chi connectivity index (χ0n) is 9.36. The molecular formula is C12H12N2O3. The van der Waals surface area contributed by atoms with Crippen molar-refractivity contribution in [3.05, 3.63) is 29.6 Å². The van der Waals surface area contributed by atoms with Crippen LogP contribution in [0.3, 0.4) is 0 Å². The third-order valence-corrected chi connectivity index (χ3v) is 3.26. The van der Waals surface area contributed by atoms with Gasteiger partial charge in [-0.25, -0.2) is 4.98 Å². The van der Waals surface area contributed by atoms with E-state index in [0.717, 1.165) is 22.4 Å². The fourth-order valence-corrected chi connectivity index (χ4v) is 2.15. The van der Waals surface area contributed by atoms with E-state index < -0.39 is 11.4 Å². The Morgan fingerprint density at radius 2 is 2.29 bits per heavy atom. The minimum atomic E-state index is -0.882. The van der Waals surface area contributed by atoms with E-state index in [4.69, 9.17) is 4.74 Å². The summed E-state index contributed by atoms with van der Waals surface area (Å²) in [6, 6.07) is 5.52. The summed E-state index contributed by atoms with van der Waals surface area (Å²) in [5.74, 6) is -0.00859. The molecule has 3 rings (SSSR count). The number of imidazole rings is 1. The van der Waals surface area contributed by atoms with Gasteiger partial charge in [-0.3, -0.25) is 4.79 Å². The van der Waals surface area contributed by atoms with Crippen LogP contribution in [0.2, 0.25) is 0 Å². The van der Waals surface area contributed by atoms with Crippen molar-refractivity contribution < 1.29 is 14.6 Å². The summed E-state index contributed by atoms with van der Waals surface area (Å²) >= 11 is 0. The molecule has 1 fully saturated rings. The first-order chi connectivity index (χ1) is 8.12. The Balaban J connectivity index is 2.14. The van der Waals surface area contributed by atoms with Crippen LogP contribution in [0.4, 0.5) is 0 Å². The number of ether oxygens (including phenoxy) is 1. The number of aliphatic carboxylic acids is 1. The van der Waals surface area contributed by atoms with Crippen molar-refractivity contribution >= 4 is 17.0 Å². The summed E-state index contributed by atoms with van der Waals surface area (Å²) in [7, 11) is 0. The molecule has 0 unspecified atom stereocenters. The SMILES string of the molecule is Cc1nc2ccc(C3(C(=O)O)COC3)cc2[nH]1. The second-order valence-corrected chi connectivity index (χ2v) is 4.43. The number of carboxylic acids is 1. The molecule has 5 nitrogen and oxygen atoms in total. The van der Waals surface area contributed by atoms with Crippen LogP contribution in [0.1, 0.15) is 11.4 Å². The molecule has 2 N–H and O–H groups in total. The number of aromatic amines is 1. The van der Waals surface area contributed by atoms with E-state index in [-0.39, 0.29) is 13.2 Å². The Labute approximate surface area is 97.4 Å². The molecule has 17 heavy (non-hydrogen) atoms. The molecule has 1 aromatic carbocycles. The summed E-state index contributed by atoms with van der Waals surface area (Å²) in [6.07, 6.45) is 0. The Morgan fingerprint density at radius 1 is 1.53 bits per heavy atom. The van der Waals surface area contributed by atoms with Gasteiger partial charge in [-0.2, -0.15) is 0 Å². The van der Waals surface area contributed by atoms with Gasteiger partial charge in [0.1, 0.15) is 11.2 Å². The van der Waals surface area contributed by atoms with Crippen LogP contribution in [0.5, 0.6) is 0 Å². The number of fused-ring (bicyclic) bond motifs is 1. The molecule has 1 aliphatic rings. The van der Waals surface area contributed by atoms with Gasteiger partial charge in [-0.05, 0) is 24.6 Å². The third kappa shape index (κ3) is 1.36. The number of nitrogens with one attached hydrogen (secondary N) is 1. The van der Waals surface area contributed by atoms with Gasteiger partial charge in [0.2, 0.25) is 0 Å². The van der Waals surface area contributed by atoms with Gasteiger partial charge in [0.25, 0.3) is 0 Å². The highest BCUT2D eigenvalue weighted by Gasteiger charge is 2.47. The van der Waals surface area contributed by atoms with Crippen LogP contribution in [0.15, 0.2) is 18.2 Å². The van der Waals surface area contributed by atoms with Crippen LogP contribution in [-0.4, -0.2) is 34.3 Å². The molecule has 0 radical (unpaired) electrons. The fraction of sp³-hybridized carbons (Fsp3) is 0.333. The highest BCUT2D eigenvalue weighted by atomic mass is 16.5. The summed E-state index contributed by atoms with van der Waals surface area (Å²) in [5, 5.41) is 9.31. The minimum Gasteiger partial charge on any atom is -0.480 e. The van der Waals surface area contributed by atoms with Crippen LogP contribution < -0.4 is 0 Å². The van der Waals surface area contributed by atoms with Crippen molar-refractivity contribution in [1.82, 2.24) is 9.97 Å². The molecule has 2 heterocycles. The van der Waals surface area contributed by atoms with Gasteiger partial charge in [-0.15, -0.1) is 0 Å². The number of H-pyrrole nitrogens is 1. The van der Waals surface area contributed by atoms with Crippen molar-refractivity contribution in [3.63, 3.8) is 0 Å². The minimum absolute atomic E-state index is 0.237. The van der Waals surface area contributed by atoms with E-state index in [2.05, 4.69) is 9.97 Å². The number of aromatic nitrogens is 2. The van der Waals surface area contributed by atoms with Gasteiger partial charge < -0.3 is 14.8 Å². The molecular weight excluding hydrogens is 220 g/mol. The molecule has 0 spiro atoms. The van der Waals surface area contributed by atoms with Crippen molar-refractivity contribution in [1.29, 1.82) is 0 Å². The van der Waals surface area contributed by atoms with E-state index in [1.165, 1.54) is 0 Å². The van der Waals surface area contributed by atoms with Gasteiger partial charge in [0, 0.05) is 0 Å². The van der Waals surface area contributed by atoms with Crippen LogP contribution in [-0.2, 0) is 14.9 Å². The average Bonchev–Trinajstić information content (AvgIpc) is 2.54. The van der Waals surface area contributed by atoms with Crippen LogP contribution in [0, 0.1) is 6.92 Å². The first-order valence-corrected chi connectivity index (χ1v) is 5.40. The first-order valence-electron chi connectivity index (χ1n) is 5.40. The second-order valence-electron chi connectivity index (χ2n) is 4.43. The van der Waals surface area contributed by atoms with Crippen LogP contribution in [0.25, 0.3) is 11.0 Å². The Hall–Kier alpha value is -1.88. The lowest BCUT2D eigenvalue weighted by Crippen LogP contribution is -2.53. The van der Waals surface area contributed by atoms with Gasteiger partial charge >= 0.3 is 5.97 Å². The van der Waals surface area contributed by atoms with E-state index >= 15 is 0 Å². The number of rotatable bonds is 2. The molecule has 2 aromatic rings. The molecule has 1 saturated heterocycles. The summed E-state index contributed by atoms with van der Waals surface area (Å²) in [4.78, 5) is 18.7. The number of nitrogens with zero attached hydrogens (tertiary/aromatic N) is 1. The molecule has 0 bridgehead atoms. The number of carbonyl (C=O) groups is 1. The highest BCUT2D eigenvalue weighted by molar-refractivity contribution is 5.85. The Kier molecular flexibility index (Phi) is 2.00. The number of hydrogen-bond acceptors (Lipinski definition) is 3. The van der Waals surface area contributed by atoms with Crippen molar-refractivity contribution in [2.24, 2.45) is 0 Å². The largest absolute Gasteiger partial charge is 0.480 e. The van der Waals surface area contributed by atoms with Crippen molar-refractivity contribution in [2.75, 3.05) is 13.2 Å². The van der Waals surface area contributed by atoms with Gasteiger partial charge in [0.05, 0.1) is 24.2 Å². The molecule has 0 saturated carbocycles. The van der Waals surface area contributed by atoms with E-state index in [0.29, 0.717) is 0 Å². The Morgan fingerprint density at radius 3 is 2.88 bits per heavy atom. The van der Waals surface area contributed by atoms with E-state index in [9.17, 15) is 9.90 Å². The predicted molar refractivity (Wildman–Crippen MR) is 61.0 cm³/mol. The molecule has 1 aromatic heterocycles. The quantitative estimate of drug-likeness (QED) is 0.816. The lowest BCUT2D eigenvalue weighted by atomic mass is 9.78. The maximum absolute atomic E-state index is 11.3. The number of hydrogen-bond donors (Lipinski definition) is 2. The first kappa shape index (κ1) is 10.3. The molecule has 5 heteroatoms. The number of carboxylic acid groups (broad SMARTS) is 1. The zero-order chi connectivity index (χ0) is 12.0. The van der Waals surface area contributed by atoms with Gasteiger partial charge in [0.15, 0.2) is 0 Å².